The Balaban J connectivity index is 1.80. The fourth-order valence-corrected chi connectivity index (χ4v) is 3.48. The van der Waals surface area contributed by atoms with Crippen LogP contribution in [0, 0.1) is 11.6 Å². The first-order valence-corrected chi connectivity index (χ1v) is 8.25. The van der Waals surface area contributed by atoms with Gasteiger partial charge in [-0.1, -0.05) is 0 Å². The molecular formula is C19H15F2N3O2. The van der Waals surface area contributed by atoms with Gasteiger partial charge >= 0.3 is 5.97 Å². The quantitative estimate of drug-likeness (QED) is 0.771. The molecule has 0 aliphatic carbocycles. The molecule has 0 spiro atoms. The average molecular weight is 355 g/mol. The Hall–Kier alpha value is -3.09. The predicted octanol–water partition coefficient (Wildman–Crippen LogP) is 3.95. The van der Waals surface area contributed by atoms with Crippen LogP contribution in [0.15, 0.2) is 42.6 Å². The topological polar surface area (TPSA) is 66.3 Å². The van der Waals surface area contributed by atoms with E-state index in [-0.39, 0.29) is 22.7 Å². The Morgan fingerprint density at radius 3 is 2.85 bits per heavy atom. The molecule has 4 rings (SSSR count). The zero-order valence-electron chi connectivity index (χ0n) is 13.7. The van der Waals surface area contributed by atoms with Crippen molar-refractivity contribution in [3.05, 3.63) is 65.4 Å². The van der Waals surface area contributed by atoms with Crippen molar-refractivity contribution in [1.82, 2.24) is 9.97 Å². The van der Waals surface area contributed by atoms with Crippen LogP contribution in [0.1, 0.15) is 34.8 Å². The van der Waals surface area contributed by atoms with Crippen LogP contribution in [-0.2, 0) is 0 Å². The molecule has 0 saturated carbocycles. The van der Waals surface area contributed by atoms with Crippen molar-refractivity contribution in [2.24, 2.45) is 0 Å². The molecule has 0 radical (unpaired) electrons. The summed E-state index contributed by atoms with van der Waals surface area (Å²) < 4.78 is 27.8. The minimum atomic E-state index is -1.09. The summed E-state index contributed by atoms with van der Waals surface area (Å²) in [6, 6.07) is 7.91. The number of carbonyl (C=O) groups is 1. The molecule has 1 fully saturated rings. The van der Waals surface area contributed by atoms with Gasteiger partial charge in [0.25, 0.3) is 0 Å². The van der Waals surface area contributed by atoms with Crippen molar-refractivity contribution in [2.45, 2.75) is 18.9 Å². The summed E-state index contributed by atoms with van der Waals surface area (Å²) in [5.41, 5.74) is 1.10. The number of halogens is 2. The van der Waals surface area contributed by atoms with E-state index >= 15 is 0 Å². The number of rotatable bonds is 3. The summed E-state index contributed by atoms with van der Waals surface area (Å²) in [5, 5.41) is 9.36. The third-order valence-electron chi connectivity index (χ3n) is 4.66. The highest BCUT2D eigenvalue weighted by atomic mass is 19.1. The van der Waals surface area contributed by atoms with E-state index in [0.29, 0.717) is 24.3 Å². The maximum Gasteiger partial charge on any atom is 0.338 e. The largest absolute Gasteiger partial charge is 0.478 e. The number of fused-ring (bicyclic) bond motifs is 1. The highest BCUT2D eigenvalue weighted by Crippen LogP contribution is 2.37. The minimum absolute atomic E-state index is 0.0598. The lowest BCUT2D eigenvalue weighted by Crippen LogP contribution is -2.24. The van der Waals surface area contributed by atoms with Gasteiger partial charge in [0.05, 0.1) is 17.1 Å². The number of carboxylic acid groups (broad SMARTS) is 1. The molecule has 1 atom stereocenters. The summed E-state index contributed by atoms with van der Waals surface area (Å²) in [7, 11) is 0. The number of anilines is 1. The van der Waals surface area contributed by atoms with Crippen LogP contribution in [0.4, 0.5) is 14.6 Å². The standard InChI is InChI=1S/C19H15F2N3O2/c20-11-3-4-14(21)13(10-11)16-2-1-9-24(16)17-6-5-15-18(23-17)12(19(25)26)7-8-22-15/h3-8,10,16H,1-2,9H2,(H,25,26)/t16-/m1/s1. The van der Waals surface area contributed by atoms with Crippen molar-refractivity contribution in [3.63, 3.8) is 0 Å². The second-order valence-electron chi connectivity index (χ2n) is 6.22. The van der Waals surface area contributed by atoms with Gasteiger partial charge in [-0.15, -0.1) is 0 Å². The van der Waals surface area contributed by atoms with Crippen LogP contribution in [0.3, 0.4) is 0 Å². The summed E-state index contributed by atoms with van der Waals surface area (Å²) in [6.45, 7) is 0.627. The summed E-state index contributed by atoms with van der Waals surface area (Å²) in [6.07, 6.45) is 2.89. The number of benzene rings is 1. The summed E-state index contributed by atoms with van der Waals surface area (Å²) in [5.74, 6) is -1.51. The van der Waals surface area contributed by atoms with E-state index in [1.165, 1.54) is 18.3 Å². The van der Waals surface area contributed by atoms with Crippen molar-refractivity contribution >= 4 is 22.8 Å². The number of nitrogens with zero attached hydrogens (tertiary/aromatic N) is 3. The molecule has 1 saturated heterocycles. The Labute approximate surface area is 147 Å². The molecule has 3 aromatic rings. The molecule has 132 valence electrons. The van der Waals surface area contributed by atoms with Crippen LogP contribution >= 0.6 is 0 Å². The van der Waals surface area contributed by atoms with Gasteiger partial charge in [0, 0.05) is 18.3 Å². The molecule has 1 aliphatic heterocycles. The van der Waals surface area contributed by atoms with Crippen LogP contribution in [0.5, 0.6) is 0 Å². The number of aromatic carboxylic acids is 1. The van der Waals surface area contributed by atoms with Gasteiger partial charge < -0.3 is 10.0 Å². The predicted molar refractivity (Wildman–Crippen MR) is 92.2 cm³/mol. The van der Waals surface area contributed by atoms with Crippen LogP contribution in [0.25, 0.3) is 11.0 Å². The SMILES string of the molecule is O=C(O)c1ccnc2ccc(N3CCC[C@@H]3c3cc(F)ccc3F)nc12. The molecule has 0 bridgehead atoms. The Morgan fingerprint density at radius 2 is 2.04 bits per heavy atom. The summed E-state index contributed by atoms with van der Waals surface area (Å²) >= 11 is 0. The molecule has 1 N–H and O–H groups in total. The zero-order chi connectivity index (χ0) is 18.3. The van der Waals surface area contributed by atoms with Gasteiger partial charge in [0.1, 0.15) is 23.0 Å². The maximum absolute atomic E-state index is 14.2. The highest BCUT2D eigenvalue weighted by Gasteiger charge is 2.30. The van der Waals surface area contributed by atoms with E-state index in [4.69, 9.17) is 0 Å². The van der Waals surface area contributed by atoms with E-state index in [2.05, 4.69) is 9.97 Å². The van der Waals surface area contributed by atoms with Gasteiger partial charge in [0.2, 0.25) is 0 Å². The highest BCUT2D eigenvalue weighted by molar-refractivity contribution is 6.00. The zero-order valence-corrected chi connectivity index (χ0v) is 13.7. The molecule has 7 heteroatoms. The van der Waals surface area contributed by atoms with Gasteiger partial charge in [-0.2, -0.15) is 0 Å². The maximum atomic E-state index is 14.2. The molecule has 1 aliphatic rings. The van der Waals surface area contributed by atoms with E-state index < -0.39 is 17.6 Å². The molecule has 5 nitrogen and oxygen atoms in total. The molecule has 0 amide bonds. The fraction of sp³-hybridized carbons (Fsp3) is 0.211. The third-order valence-corrected chi connectivity index (χ3v) is 4.66. The van der Waals surface area contributed by atoms with E-state index in [1.54, 1.807) is 12.1 Å². The van der Waals surface area contributed by atoms with Gasteiger partial charge in [-0.3, -0.25) is 4.98 Å². The van der Waals surface area contributed by atoms with Crippen molar-refractivity contribution in [1.29, 1.82) is 0 Å². The monoisotopic (exact) mass is 355 g/mol. The second kappa shape index (κ2) is 6.33. The normalized spacial score (nSPS) is 17.0. The first-order chi connectivity index (χ1) is 12.5. The van der Waals surface area contributed by atoms with Crippen molar-refractivity contribution in [3.8, 4) is 0 Å². The molecule has 0 unspecified atom stereocenters. The number of hydrogen-bond donors (Lipinski definition) is 1. The lowest BCUT2D eigenvalue weighted by Gasteiger charge is -2.26. The first kappa shape index (κ1) is 16.4. The number of hydrogen-bond acceptors (Lipinski definition) is 4. The second-order valence-corrected chi connectivity index (χ2v) is 6.22. The van der Waals surface area contributed by atoms with Crippen molar-refractivity contribution < 1.29 is 18.7 Å². The van der Waals surface area contributed by atoms with E-state index in [1.807, 2.05) is 4.90 Å². The lowest BCUT2D eigenvalue weighted by molar-refractivity contribution is 0.0698. The first-order valence-electron chi connectivity index (χ1n) is 8.25. The van der Waals surface area contributed by atoms with E-state index in [0.717, 1.165) is 18.6 Å². The Bertz CT molecular complexity index is 1010. The number of aromatic nitrogens is 2. The Kier molecular flexibility index (Phi) is 3.99. The van der Waals surface area contributed by atoms with Crippen molar-refractivity contribution in [2.75, 3.05) is 11.4 Å². The minimum Gasteiger partial charge on any atom is -0.478 e. The van der Waals surface area contributed by atoms with Gasteiger partial charge in [-0.25, -0.2) is 18.6 Å². The van der Waals surface area contributed by atoms with Gasteiger partial charge in [-0.05, 0) is 49.2 Å². The van der Waals surface area contributed by atoms with Gasteiger partial charge in [0.15, 0.2) is 0 Å². The molecule has 1 aromatic carbocycles. The molecule has 26 heavy (non-hydrogen) atoms. The van der Waals surface area contributed by atoms with Crippen LogP contribution in [0.2, 0.25) is 0 Å². The molecule has 3 heterocycles. The van der Waals surface area contributed by atoms with Crippen LogP contribution in [-0.4, -0.2) is 27.6 Å². The fourth-order valence-electron chi connectivity index (χ4n) is 3.48. The smallest absolute Gasteiger partial charge is 0.338 e. The number of pyridine rings is 2. The van der Waals surface area contributed by atoms with E-state index in [9.17, 15) is 18.7 Å². The van der Waals surface area contributed by atoms with Crippen LogP contribution < -0.4 is 4.90 Å². The number of carboxylic acids is 1. The molecule has 2 aromatic heterocycles. The average Bonchev–Trinajstić information content (AvgIpc) is 3.12. The Morgan fingerprint density at radius 1 is 1.19 bits per heavy atom. The lowest BCUT2D eigenvalue weighted by atomic mass is 10.0. The summed E-state index contributed by atoms with van der Waals surface area (Å²) in [4.78, 5) is 21.9. The third kappa shape index (κ3) is 2.75. The molecular weight excluding hydrogens is 340 g/mol.